The highest BCUT2D eigenvalue weighted by Crippen LogP contribution is 2.32. The molecule has 4 N–H and O–H groups in total. The molecule has 0 radical (unpaired) electrons. The molecule has 18 heavy (non-hydrogen) atoms. The van der Waals surface area contributed by atoms with Gasteiger partial charge in [-0.3, -0.25) is 0 Å². The molecule has 98 valence electrons. The molecular weight excluding hydrogens is 235 g/mol. The molecule has 0 heterocycles. The van der Waals surface area contributed by atoms with E-state index in [1.54, 1.807) is 0 Å². The standard InChI is InChI=1S/C13H17FN2O2/c1-7(8-3-2-4-8)16-12-5-9(13(17)18)11(15)6-10(12)14/h5-8,16H,2-4,15H2,1H3,(H,17,18). The third kappa shape index (κ3) is 2.39. The van der Waals surface area contributed by atoms with Crippen LogP contribution in [-0.4, -0.2) is 17.1 Å². The van der Waals surface area contributed by atoms with Crippen molar-refractivity contribution in [1.82, 2.24) is 0 Å². The number of nitrogens with one attached hydrogen (secondary N) is 1. The van der Waals surface area contributed by atoms with Gasteiger partial charge in [0, 0.05) is 11.7 Å². The van der Waals surface area contributed by atoms with Gasteiger partial charge in [-0.2, -0.15) is 0 Å². The van der Waals surface area contributed by atoms with Crippen molar-refractivity contribution in [2.45, 2.75) is 32.2 Å². The molecule has 0 bridgehead atoms. The predicted molar refractivity (Wildman–Crippen MR) is 68.2 cm³/mol. The van der Waals surface area contributed by atoms with Crippen LogP contribution >= 0.6 is 0 Å². The van der Waals surface area contributed by atoms with Crippen molar-refractivity contribution in [3.05, 3.63) is 23.5 Å². The number of rotatable bonds is 4. The van der Waals surface area contributed by atoms with Gasteiger partial charge in [-0.05, 0) is 37.8 Å². The van der Waals surface area contributed by atoms with Crippen molar-refractivity contribution in [2.24, 2.45) is 5.92 Å². The van der Waals surface area contributed by atoms with Gasteiger partial charge in [-0.25, -0.2) is 9.18 Å². The average Bonchev–Trinajstić information content (AvgIpc) is 2.18. The predicted octanol–water partition coefficient (Wildman–Crippen LogP) is 2.71. The molecule has 2 rings (SSSR count). The highest BCUT2D eigenvalue weighted by atomic mass is 19.1. The number of carboxylic acid groups (broad SMARTS) is 1. The number of carbonyl (C=O) groups is 1. The first kappa shape index (κ1) is 12.7. The molecule has 1 aromatic carbocycles. The Labute approximate surface area is 105 Å². The first-order valence-electron chi connectivity index (χ1n) is 6.08. The van der Waals surface area contributed by atoms with Gasteiger partial charge in [-0.15, -0.1) is 0 Å². The van der Waals surface area contributed by atoms with Gasteiger partial charge in [0.2, 0.25) is 0 Å². The van der Waals surface area contributed by atoms with E-state index >= 15 is 0 Å². The van der Waals surface area contributed by atoms with Crippen molar-refractivity contribution >= 4 is 17.3 Å². The number of hydrogen-bond donors (Lipinski definition) is 3. The van der Waals surface area contributed by atoms with Crippen molar-refractivity contribution in [3.8, 4) is 0 Å². The summed E-state index contributed by atoms with van der Waals surface area (Å²) in [5.41, 5.74) is 5.56. The van der Waals surface area contributed by atoms with E-state index in [4.69, 9.17) is 10.8 Å². The fourth-order valence-corrected chi connectivity index (χ4v) is 2.19. The summed E-state index contributed by atoms with van der Waals surface area (Å²) in [6.07, 6.45) is 3.48. The lowest BCUT2D eigenvalue weighted by Crippen LogP contribution is -2.31. The van der Waals surface area contributed by atoms with Gasteiger partial charge in [-0.1, -0.05) is 6.42 Å². The van der Waals surface area contributed by atoms with Crippen LogP contribution in [-0.2, 0) is 0 Å². The average molecular weight is 252 g/mol. The molecule has 0 aromatic heterocycles. The van der Waals surface area contributed by atoms with E-state index in [1.165, 1.54) is 12.5 Å². The molecule has 0 saturated heterocycles. The largest absolute Gasteiger partial charge is 0.478 e. The summed E-state index contributed by atoms with van der Waals surface area (Å²) >= 11 is 0. The molecule has 0 amide bonds. The fraction of sp³-hybridized carbons (Fsp3) is 0.462. The van der Waals surface area contributed by atoms with Gasteiger partial charge >= 0.3 is 5.97 Å². The molecule has 1 atom stereocenters. The zero-order valence-electron chi connectivity index (χ0n) is 10.2. The molecule has 5 heteroatoms. The van der Waals surface area contributed by atoms with Gasteiger partial charge in [0.05, 0.1) is 11.3 Å². The molecule has 0 spiro atoms. The third-order valence-corrected chi connectivity index (χ3v) is 3.61. The van der Waals surface area contributed by atoms with Crippen LogP contribution in [0.15, 0.2) is 12.1 Å². The van der Waals surface area contributed by atoms with Crippen molar-refractivity contribution in [3.63, 3.8) is 0 Å². The zero-order chi connectivity index (χ0) is 13.3. The van der Waals surface area contributed by atoms with Crippen molar-refractivity contribution in [1.29, 1.82) is 0 Å². The summed E-state index contributed by atoms with van der Waals surface area (Å²) in [6.45, 7) is 1.99. The molecule has 1 aliphatic rings. The monoisotopic (exact) mass is 252 g/mol. The maximum atomic E-state index is 13.7. The van der Waals surface area contributed by atoms with E-state index in [0.717, 1.165) is 18.9 Å². The second kappa shape index (κ2) is 4.84. The number of aromatic carboxylic acids is 1. The minimum absolute atomic E-state index is 0.0538. The smallest absolute Gasteiger partial charge is 0.337 e. The molecule has 1 saturated carbocycles. The van der Waals surface area contributed by atoms with Gasteiger partial charge in [0.1, 0.15) is 5.82 Å². The topological polar surface area (TPSA) is 75.3 Å². The summed E-state index contributed by atoms with van der Waals surface area (Å²) < 4.78 is 13.7. The van der Waals surface area contributed by atoms with E-state index < -0.39 is 11.8 Å². The van der Waals surface area contributed by atoms with Crippen LogP contribution in [0.1, 0.15) is 36.5 Å². The lowest BCUT2D eigenvalue weighted by atomic mass is 9.80. The summed E-state index contributed by atoms with van der Waals surface area (Å²) in [4.78, 5) is 10.9. The Bertz CT molecular complexity index is 472. The van der Waals surface area contributed by atoms with E-state index in [2.05, 4.69) is 5.32 Å². The number of nitrogens with two attached hydrogens (primary N) is 1. The van der Waals surface area contributed by atoms with E-state index in [0.29, 0.717) is 5.92 Å². The first-order chi connectivity index (χ1) is 8.49. The van der Waals surface area contributed by atoms with E-state index in [9.17, 15) is 9.18 Å². The Morgan fingerprint density at radius 3 is 2.72 bits per heavy atom. The van der Waals surface area contributed by atoms with Crippen LogP contribution in [0.2, 0.25) is 0 Å². The summed E-state index contributed by atoms with van der Waals surface area (Å²) in [6, 6.07) is 2.46. The highest BCUT2D eigenvalue weighted by Gasteiger charge is 2.24. The van der Waals surface area contributed by atoms with Crippen LogP contribution in [0, 0.1) is 11.7 Å². The molecule has 0 aliphatic heterocycles. The molecular formula is C13H17FN2O2. The second-order valence-corrected chi connectivity index (χ2v) is 4.85. The number of hydrogen-bond acceptors (Lipinski definition) is 3. The number of carboxylic acids is 1. The fourth-order valence-electron chi connectivity index (χ4n) is 2.19. The van der Waals surface area contributed by atoms with Gasteiger partial charge in [0.25, 0.3) is 0 Å². The zero-order valence-corrected chi connectivity index (χ0v) is 10.2. The van der Waals surface area contributed by atoms with Gasteiger partial charge < -0.3 is 16.2 Å². The Balaban J connectivity index is 2.21. The lowest BCUT2D eigenvalue weighted by molar-refractivity contribution is 0.0698. The van der Waals surface area contributed by atoms with E-state index in [1.807, 2.05) is 6.92 Å². The normalized spacial score (nSPS) is 17.0. The maximum Gasteiger partial charge on any atom is 0.337 e. The van der Waals surface area contributed by atoms with E-state index in [-0.39, 0.29) is 23.0 Å². The molecule has 1 unspecified atom stereocenters. The Morgan fingerprint density at radius 2 is 2.22 bits per heavy atom. The molecule has 1 fully saturated rings. The Morgan fingerprint density at radius 1 is 1.56 bits per heavy atom. The Kier molecular flexibility index (Phi) is 3.41. The number of benzene rings is 1. The maximum absolute atomic E-state index is 13.7. The van der Waals surface area contributed by atoms with Crippen LogP contribution < -0.4 is 11.1 Å². The minimum atomic E-state index is -1.15. The van der Waals surface area contributed by atoms with Crippen LogP contribution in [0.25, 0.3) is 0 Å². The Hall–Kier alpha value is -1.78. The molecule has 1 aliphatic carbocycles. The number of nitrogen functional groups attached to an aromatic ring is 1. The van der Waals surface area contributed by atoms with Crippen molar-refractivity contribution < 1.29 is 14.3 Å². The highest BCUT2D eigenvalue weighted by molar-refractivity contribution is 5.94. The lowest BCUT2D eigenvalue weighted by Gasteiger charge is -2.32. The summed E-state index contributed by atoms with van der Waals surface area (Å²) in [7, 11) is 0. The SMILES string of the molecule is CC(Nc1cc(C(=O)O)c(N)cc1F)C1CCC1. The first-order valence-corrected chi connectivity index (χ1v) is 6.08. The van der Waals surface area contributed by atoms with Gasteiger partial charge in [0.15, 0.2) is 0 Å². The van der Waals surface area contributed by atoms with Crippen LogP contribution in [0.3, 0.4) is 0 Å². The molecule has 1 aromatic rings. The minimum Gasteiger partial charge on any atom is -0.478 e. The summed E-state index contributed by atoms with van der Waals surface area (Å²) in [5, 5.41) is 12.0. The van der Waals surface area contributed by atoms with Crippen LogP contribution in [0.5, 0.6) is 0 Å². The van der Waals surface area contributed by atoms with Crippen LogP contribution in [0.4, 0.5) is 15.8 Å². The number of halogens is 1. The molecule has 4 nitrogen and oxygen atoms in total. The third-order valence-electron chi connectivity index (χ3n) is 3.61. The second-order valence-electron chi connectivity index (χ2n) is 4.85. The van der Waals surface area contributed by atoms with Crippen molar-refractivity contribution in [2.75, 3.05) is 11.1 Å². The quantitative estimate of drug-likeness (QED) is 0.720. The number of anilines is 2. The summed E-state index contributed by atoms with van der Waals surface area (Å²) in [5.74, 6) is -1.12.